The van der Waals surface area contributed by atoms with Crippen LogP contribution in [0.25, 0.3) is 0 Å². The molecule has 0 spiro atoms. The molecule has 0 aromatic rings. The molecule has 0 bridgehead atoms. The van der Waals surface area contributed by atoms with Gasteiger partial charge >= 0.3 is 39.5 Å². The van der Waals surface area contributed by atoms with Crippen LogP contribution in [-0.2, 0) is 65.4 Å². The number of rotatable bonds is 53. The summed E-state index contributed by atoms with van der Waals surface area (Å²) in [7, 11) is -9.80. The zero-order valence-corrected chi connectivity index (χ0v) is 46.5. The van der Waals surface area contributed by atoms with Crippen molar-refractivity contribution in [1.29, 1.82) is 0 Å². The topological polar surface area (TPSA) is 237 Å². The number of aliphatic hydroxyl groups excluding tert-OH is 1. The van der Waals surface area contributed by atoms with Gasteiger partial charge in [-0.3, -0.25) is 37.3 Å². The van der Waals surface area contributed by atoms with Gasteiger partial charge in [0, 0.05) is 25.7 Å². The molecule has 0 aromatic carbocycles. The molecule has 5 atom stereocenters. The van der Waals surface area contributed by atoms with Gasteiger partial charge in [-0.15, -0.1) is 0 Å². The quantitative estimate of drug-likeness (QED) is 0.0222. The van der Waals surface area contributed by atoms with Crippen LogP contribution >= 0.6 is 15.6 Å². The maximum atomic E-state index is 12.9. The smallest absolute Gasteiger partial charge is 0.462 e. The molecule has 71 heavy (non-hydrogen) atoms. The number of ether oxygens (including phenoxy) is 4. The number of phosphoric ester groups is 2. The fraction of sp³-hybridized carbons (Fsp3) is 0.923. The number of phosphoric acid groups is 2. The van der Waals surface area contributed by atoms with Crippen molar-refractivity contribution in [3.8, 4) is 0 Å². The summed E-state index contributed by atoms with van der Waals surface area (Å²) in [6, 6.07) is 0. The minimum atomic E-state index is -4.92. The van der Waals surface area contributed by atoms with Gasteiger partial charge in [-0.1, -0.05) is 207 Å². The molecular formula is C52H100O17P2. The van der Waals surface area contributed by atoms with E-state index < -0.39 is 97.5 Å². The van der Waals surface area contributed by atoms with Gasteiger partial charge in [0.15, 0.2) is 12.2 Å². The van der Waals surface area contributed by atoms with Gasteiger partial charge in [-0.05, 0) is 19.3 Å². The van der Waals surface area contributed by atoms with Crippen LogP contribution in [0.5, 0.6) is 0 Å². The third-order valence-corrected chi connectivity index (χ3v) is 13.8. The van der Waals surface area contributed by atoms with Crippen molar-refractivity contribution in [1.82, 2.24) is 0 Å². The Morgan fingerprint density at radius 2 is 0.634 bits per heavy atom. The van der Waals surface area contributed by atoms with Crippen molar-refractivity contribution in [2.24, 2.45) is 0 Å². The lowest BCUT2D eigenvalue weighted by molar-refractivity contribution is -0.161. The summed E-state index contributed by atoms with van der Waals surface area (Å²) in [6.45, 7) is 3.77. The zero-order chi connectivity index (χ0) is 52.7. The van der Waals surface area contributed by atoms with E-state index in [0.29, 0.717) is 19.3 Å². The first-order chi connectivity index (χ1) is 34.2. The van der Waals surface area contributed by atoms with Crippen molar-refractivity contribution in [2.75, 3.05) is 39.6 Å². The SMILES string of the molecule is CCCCCCCCCCCCCCCCCC(=O)OC[C@H](COP(=O)(O)OC[C@H](O)COP(=O)(O)OC[C@@H](COC(=O)CCC)OC(=O)CC)OC(=O)CCCCCCCCCCCCCCCCC. The van der Waals surface area contributed by atoms with Crippen LogP contribution in [0.15, 0.2) is 0 Å². The number of esters is 4. The second-order valence-electron chi connectivity index (χ2n) is 18.9. The summed E-state index contributed by atoms with van der Waals surface area (Å²) < 4.78 is 65.9. The first kappa shape index (κ1) is 69.1. The molecule has 0 aliphatic carbocycles. The third kappa shape index (κ3) is 47.5. The summed E-state index contributed by atoms with van der Waals surface area (Å²) in [5.74, 6) is -2.30. The number of unbranched alkanes of at least 4 members (excludes halogenated alkanes) is 28. The van der Waals surface area contributed by atoms with E-state index in [4.69, 9.17) is 37.0 Å². The highest BCUT2D eigenvalue weighted by atomic mass is 31.2. The van der Waals surface area contributed by atoms with Crippen molar-refractivity contribution in [2.45, 2.75) is 271 Å². The largest absolute Gasteiger partial charge is 0.472 e. The van der Waals surface area contributed by atoms with Crippen LogP contribution in [0, 0.1) is 0 Å². The van der Waals surface area contributed by atoms with E-state index in [2.05, 4.69) is 13.8 Å². The Kier molecular flexibility index (Phi) is 46.4. The first-order valence-electron chi connectivity index (χ1n) is 27.8. The molecule has 3 N–H and O–H groups in total. The van der Waals surface area contributed by atoms with E-state index in [9.17, 15) is 43.2 Å². The van der Waals surface area contributed by atoms with Gasteiger partial charge in [0.05, 0.1) is 26.4 Å². The normalized spacial score (nSPS) is 14.5. The average Bonchev–Trinajstić information content (AvgIpc) is 3.34. The average molecular weight is 1060 g/mol. The Morgan fingerprint density at radius 1 is 0.352 bits per heavy atom. The Hall–Kier alpha value is -1.94. The Balaban J connectivity index is 4.90. The lowest BCUT2D eigenvalue weighted by atomic mass is 10.0. The van der Waals surface area contributed by atoms with Gasteiger partial charge in [-0.25, -0.2) is 9.13 Å². The molecule has 0 fully saturated rings. The van der Waals surface area contributed by atoms with E-state index >= 15 is 0 Å². The van der Waals surface area contributed by atoms with Crippen molar-refractivity contribution in [3.63, 3.8) is 0 Å². The lowest BCUT2D eigenvalue weighted by Gasteiger charge is -2.21. The predicted octanol–water partition coefficient (Wildman–Crippen LogP) is 13.3. The summed E-state index contributed by atoms with van der Waals surface area (Å²) in [6.07, 6.45) is 32.4. The van der Waals surface area contributed by atoms with Crippen LogP contribution in [0.4, 0.5) is 0 Å². The minimum absolute atomic E-state index is 0.0181. The van der Waals surface area contributed by atoms with Gasteiger partial charge in [0.1, 0.15) is 19.3 Å². The number of aliphatic hydroxyl groups is 1. The Morgan fingerprint density at radius 3 is 0.958 bits per heavy atom. The molecule has 0 rings (SSSR count). The second kappa shape index (κ2) is 47.8. The fourth-order valence-electron chi connectivity index (χ4n) is 7.59. The molecule has 0 aliphatic rings. The molecular weight excluding hydrogens is 959 g/mol. The van der Waals surface area contributed by atoms with Crippen LogP contribution in [-0.4, -0.2) is 96.7 Å². The van der Waals surface area contributed by atoms with Crippen LogP contribution in [0.3, 0.4) is 0 Å². The molecule has 0 aliphatic heterocycles. The Labute approximate surface area is 428 Å². The predicted molar refractivity (Wildman–Crippen MR) is 275 cm³/mol. The monoisotopic (exact) mass is 1060 g/mol. The number of carbonyl (C=O) groups excluding carboxylic acids is 4. The lowest BCUT2D eigenvalue weighted by Crippen LogP contribution is -2.30. The van der Waals surface area contributed by atoms with Gasteiger partial charge in [0.2, 0.25) is 0 Å². The van der Waals surface area contributed by atoms with E-state index in [0.717, 1.165) is 44.9 Å². The second-order valence-corrected chi connectivity index (χ2v) is 21.8. The molecule has 17 nitrogen and oxygen atoms in total. The maximum absolute atomic E-state index is 12.9. The van der Waals surface area contributed by atoms with E-state index in [1.165, 1.54) is 142 Å². The highest BCUT2D eigenvalue weighted by Crippen LogP contribution is 2.45. The van der Waals surface area contributed by atoms with Crippen LogP contribution in [0.2, 0.25) is 0 Å². The number of hydrogen-bond donors (Lipinski definition) is 3. The molecule has 0 saturated heterocycles. The third-order valence-electron chi connectivity index (χ3n) is 11.9. The molecule has 0 aromatic heterocycles. The van der Waals surface area contributed by atoms with E-state index in [-0.39, 0.29) is 25.7 Å². The van der Waals surface area contributed by atoms with Crippen LogP contribution < -0.4 is 0 Å². The molecule has 420 valence electrons. The molecule has 0 radical (unpaired) electrons. The van der Waals surface area contributed by atoms with Crippen molar-refractivity contribution < 1.29 is 80.2 Å². The number of hydrogen-bond acceptors (Lipinski definition) is 15. The van der Waals surface area contributed by atoms with Gasteiger partial charge < -0.3 is 33.8 Å². The van der Waals surface area contributed by atoms with E-state index in [1.807, 2.05) is 0 Å². The minimum Gasteiger partial charge on any atom is -0.462 e. The molecule has 2 unspecified atom stereocenters. The number of carbonyl (C=O) groups is 4. The summed E-state index contributed by atoms with van der Waals surface area (Å²) in [4.78, 5) is 69.6. The van der Waals surface area contributed by atoms with Gasteiger partial charge in [0.25, 0.3) is 0 Å². The van der Waals surface area contributed by atoms with Gasteiger partial charge in [-0.2, -0.15) is 0 Å². The van der Waals surface area contributed by atoms with E-state index in [1.54, 1.807) is 6.92 Å². The maximum Gasteiger partial charge on any atom is 0.472 e. The van der Waals surface area contributed by atoms with Crippen molar-refractivity contribution >= 4 is 39.5 Å². The summed E-state index contributed by atoms with van der Waals surface area (Å²) in [5.41, 5.74) is 0. The zero-order valence-electron chi connectivity index (χ0n) is 44.7. The molecule has 0 saturated carbocycles. The highest BCUT2D eigenvalue weighted by Gasteiger charge is 2.30. The van der Waals surface area contributed by atoms with Crippen molar-refractivity contribution in [3.05, 3.63) is 0 Å². The summed E-state index contributed by atoms with van der Waals surface area (Å²) in [5, 5.41) is 10.3. The first-order valence-corrected chi connectivity index (χ1v) is 30.8. The highest BCUT2D eigenvalue weighted by molar-refractivity contribution is 7.47. The Bertz CT molecular complexity index is 1400. The molecule has 0 amide bonds. The van der Waals surface area contributed by atoms with Crippen LogP contribution in [0.1, 0.15) is 252 Å². The fourth-order valence-corrected chi connectivity index (χ4v) is 9.16. The molecule has 19 heteroatoms. The molecule has 0 heterocycles. The standard InChI is InChI=1S/C52H100O17P2/c1-5-9-11-13-15-17-19-21-23-25-27-29-31-33-35-38-51(56)63-43-48(69-52(57)39-36-34-32-30-28-26-24-22-20-18-16-14-12-10-6-2)45-67-71(60,61)65-41-46(53)40-64-70(58,59)66-44-47(68-49(54)8-4)42-62-50(55)37-7-3/h46-48,53H,5-45H2,1-4H3,(H,58,59)(H,60,61)/t46-,47-,48-/m1/s1. The summed E-state index contributed by atoms with van der Waals surface area (Å²) >= 11 is 0.